The molecule has 1 unspecified atom stereocenters. The molecule has 0 aliphatic heterocycles. The van der Waals surface area contributed by atoms with Gasteiger partial charge in [0.15, 0.2) is 0 Å². The van der Waals surface area contributed by atoms with E-state index in [0.717, 1.165) is 0 Å². The molecule has 0 bridgehead atoms. The first kappa shape index (κ1) is 14.0. The van der Waals surface area contributed by atoms with E-state index in [1.54, 1.807) is 6.07 Å². The summed E-state index contributed by atoms with van der Waals surface area (Å²) in [5.74, 6) is -0.650. The van der Waals surface area contributed by atoms with Crippen LogP contribution in [0.4, 0.5) is 8.78 Å². The van der Waals surface area contributed by atoms with Gasteiger partial charge in [0.25, 0.3) is 0 Å². The van der Waals surface area contributed by atoms with Crippen LogP contribution in [0.3, 0.4) is 0 Å². The zero-order valence-corrected chi connectivity index (χ0v) is 11.6. The van der Waals surface area contributed by atoms with Crippen molar-refractivity contribution in [1.82, 2.24) is 0 Å². The highest BCUT2D eigenvalue weighted by Crippen LogP contribution is 2.32. The Hall–Kier alpha value is -1.46. The van der Waals surface area contributed by atoms with Crippen LogP contribution in [0, 0.1) is 11.6 Å². The molecule has 5 heteroatoms. The number of rotatable bonds is 3. The summed E-state index contributed by atoms with van der Waals surface area (Å²) in [6.45, 7) is 1.44. The summed E-state index contributed by atoms with van der Waals surface area (Å²) in [4.78, 5) is 0. The summed E-state index contributed by atoms with van der Waals surface area (Å²) in [7, 11) is 0. The summed E-state index contributed by atoms with van der Waals surface area (Å²) < 4.78 is 32.7. The molecule has 2 nitrogen and oxygen atoms in total. The number of hydrogen-bond acceptors (Lipinski definition) is 2. The number of ether oxygens (including phenoxy) is 1. The van der Waals surface area contributed by atoms with Crippen LogP contribution >= 0.6 is 15.9 Å². The molecule has 0 saturated carbocycles. The van der Waals surface area contributed by atoms with Crippen LogP contribution in [-0.4, -0.2) is 5.11 Å². The molecule has 0 saturated heterocycles. The molecule has 0 aliphatic carbocycles. The van der Waals surface area contributed by atoms with Gasteiger partial charge in [-0.05, 0) is 47.1 Å². The molecule has 0 fully saturated rings. The predicted molar refractivity (Wildman–Crippen MR) is 71.2 cm³/mol. The molecule has 0 heterocycles. The van der Waals surface area contributed by atoms with Gasteiger partial charge in [0.1, 0.15) is 23.1 Å². The maximum atomic E-state index is 13.6. The first-order chi connectivity index (χ1) is 8.99. The minimum Gasteiger partial charge on any atom is -0.457 e. The molecule has 100 valence electrons. The molecule has 0 amide bonds. The van der Waals surface area contributed by atoms with Gasteiger partial charge >= 0.3 is 0 Å². The summed E-state index contributed by atoms with van der Waals surface area (Å²) in [6, 6.07) is 8.44. The van der Waals surface area contributed by atoms with Crippen LogP contribution in [0.25, 0.3) is 0 Å². The Morgan fingerprint density at radius 2 is 1.89 bits per heavy atom. The van der Waals surface area contributed by atoms with Crippen LogP contribution in [0.5, 0.6) is 11.5 Å². The van der Waals surface area contributed by atoms with Crippen LogP contribution in [0.15, 0.2) is 40.9 Å². The molecule has 2 aromatic carbocycles. The van der Waals surface area contributed by atoms with Crippen LogP contribution in [-0.2, 0) is 0 Å². The minimum atomic E-state index is -1.02. The van der Waals surface area contributed by atoms with Crippen molar-refractivity contribution in [2.45, 2.75) is 13.0 Å². The number of hydrogen-bond donors (Lipinski definition) is 1. The number of aliphatic hydroxyl groups excluding tert-OH is 1. The summed E-state index contributed by atoms with van der Waals surface area (Å²) in [5, 5.41) is 9.56. The number of halogens is 3. The molecule has 1 atom stereocenters. The largest absolute Gasteiger partial charge is 0.457 e. The van der Waals surface area contributed by atoms with Crippen molar-refractivity contribution in [2.24, 2.45) is 0 Å². The van der Waals surface area contributed by atoms with E-state index in [1.807, 2.05) is 0 Å². The third-order valence-corrected chi connectivity index (χ3v) is 3.19. The van der Waals surface area contributed by atoms with Gasteiger partial charge in [-0.25, -0.2) is 8.78 Å². The lowest BCUT2D eigenvalue weighted by Crippen LogP contribution is -2.00. The van der Waals surface area contributed by atoms with Gasteiger partial charge in [-0.1, -0.05) is 6.07 Å². The predicted octanol–water partition coefficient (Wildman–Crippen LogP) is 4.57. The van der Waals surface area contributed by atoms with E-state index in [9.17, 15) is 13.9 Å². The van der Waals surface area contributed by atoms with Crippen molar-refractivity contribution >= 4 is 15.9 Å². The quantitative estimate of drug-likeness (QED) is 0.894. The van der Waals surface area contributed by atoms with Crippen molar-refractivity contribution in [2.75, 3.05) is 0 Å². The lowest BCUT2D eigenvalue weighted by Gasteiger charge is -2.14. The molecule has 0 radical (unpaired) electrons. The molecule has 0 aromatic heterocycles. The van der Waals surface area contributed by atoms with Crippen LogP contribution < -0.4 is 4.74 Å². The summed E-state index contributed by atoms with van der Waals surface area (Å²) in [5.41, 5.74) is 0.0471. The third kappa shape index (κ3) is 3.11. The van der Waals surface area contributed by atoms with Crippen molar-refractivity contribution in [3.05, 3.63) is 58.1 Å². The van der Waals surface area contributed by atoms with E-state index in [2.05, 4.69) is 15.9 Å². The maximum Gasteiger partial charge on any atom is 0.141 e. The van der Waals surface area contributed by atoms with Gasteiger partial charge in [-0.15, -0.1) is 0 Å². The monoisotopic (exact) mass is 328 g/mol. The summed E-state index contributed by atoms with van der Waals surface area (Å²) >= 11 is 3.03. The van der Waals surface area contributed by atoms with E-state index >= 15 is 0 Å². The summed E-state index contributed by atoms with van der Waals surface area (Å²) in [6.07, 6.45) is -1.02. The Balaban J connectivity index is 2.38. The molecule has 0 spiro atoms. The van der Waals surface area contributed by atoms with Gasteiger partial charge in [0.05, 0.1) is 16.1 Å². The van der Waals surface area contributed by atoms with Crippen molar-refractivity contribution in [3.8, 4) is 11.5 Å². The average molecular weight is 329 g/mol. The Kier molecular flexibility index (Phi) is 4.17. The molecule has 0 aliphatic rings. The van der Waals surface area contributed by atoms with Gasteiger partial charge in [0.2, 0.25) is 0 Å². The Morgan fingerprint density at radius 1 is 1.16 bits per heavy atom. The van der Waals surface area contributed by atoms with E-state index in [1.165, 1.54) is 37.3 Å². The molecule has 2 rings (SSSR count). The fourth-order valence-corrected chi connectivity index (χ4v) is 1.93. The van der Waals surface area contributed by atoms with E-state index in [-0.39, 0.29) is 17.1 Å². The van der Waals surface area contributed by atoms with Gasteiger partial charge in [0, 0.05) is 6.07 Å². The third-order valence-electron chi connectivity index (χ3n) is 2.55. The minimum absolute atomic E-state index is 0.0471. The highest BCUT2D eigenvalue weighted by Gasteiger charge is 2.15. The zero-order chi connectivity index (χ0) is 14.0. The second kappa shape index (κ2) is 5.67. The van der Waals surface area contributed by atoms with Crippen LogP contribution in [0.1, 0.15) is 18.6 Å². The Labute approximate surface area is 117 Å². The van der Waals surface area contributed by atoms with Gasteiger partial charge < -0.3 is 9.84 Å². The number of benzene rings is 2. The maximum absolute atomic E-state index is 13.6. The topological polar surface area (TPSA) is 29.5 Å². The molecule has 1 N–H and O–H groups in total. The van der Waals surface area contributed by atoms with Crippen molar-refractivity contribution < 1.29 is 18.6 Å². The first-order valence-electron chi connectivity index (χ1n) is 5.58. The standard InChI is InChI=1S/C14H11BrF2O2/c1-8(18)14-11(16)3-2-4-13(14)19-9-5-6-10(15)12(17)7-9/h2-8,18H,1H3. The average Bonchev–Trinajstić information content (AvgIpc) is 2.33. The van der Waals surface area contributed by atoms with Crippen LogP contribution in [0.2, 0.25) is 0 Å². The molecular formula is C14H11BrF2O2. The fourth-order valence-electron chi connectivity index (χ4n) is 1.68. The van der Waals surface area contributed by atoms with E-state index in [0.29, 0.717) is 4.47 Å². The lowest BCUT2D eigenvalue weighted by atomic mass is 10.1. The highest BCUT2D eigenvalue weighted by molar-refractivity contribution is 9.10. The normalized spacial score (nSPS) is 12.3. The molecular weight excluding hydrogens is 318 g/mol. The highest BCUT2D eigenvalue weighted by atomic mass is 79.9. The van der Waals surface area contributed by atoms with Gasteiger partial charge in [-0.2, -0.15) is 0 Å². The fraction of sp³-hybridized carbons (Fsp3) is 0.143. The number of aliphatic hydroxyl groups is 1. The SMILES string of the molecule is CC(O)c1c(F)cccc1Oc1ccc(Br)c(F)c1. The zero-order valence-electron chi connectivity index (χ0n) is 10.0. The van der Waals surface area contributed by atoms with Crippen molar-refractivity contribution in [1.29, 1.82) is 0 Å². The van der Waals surface area contributed by atoms with E-state index in [4.69, 9.17) is 4.74 Å². The second-order valence-electron chi connectivity index (χ2n) is 4.01. The molecule has 2 aromatic rings. The molecule has 19 heavy (non-hydrogen) atoms. The van der Waals surface area contributed by atoms with Crippen molar-refractivity contribution in [3.63, 3.8) is 0 Å². The lowest BCUT2D eigenvalue weighted by molar-refractivity contribution is 0.190. The smallest absolute Gasteiger partial charge is 0.141 e. The Bertz CT molecular complexity index is 600. The van der Waals surface area contributed by atoms with Gasteiger partial charge in [-0.3, -0.25) is 0 Å². The Morgan fingerprint density at radius 3 is 2.53 bits per heavy atom. The van der Waals surface area contributed by atoms with E-state index < -0.39 is 17.7 Å². The first-order valence-corrected chi connectivity index (χ1v) is 6.37. The second-order valence-corrected chi connectivity index (χ2v) is 4.86.